The van der Waals surface area contributed by atoms with Crippen LogP contribution in [0.25, 0.3) is 0 Å². The van der Waals surface area contributed by atoms with E-state index in [0.29, 0.717) is 12.0 Å². The van der Waals surface area contributed by atoms with Crippen LogP contribution >= 0.6 is 0 Å². The Morgan fingerprint density at radius 2 is 1.83 bits per heavy atom. The number of ketones is 1. The summed E-state index contributed by atoms with van der Waals surface area (Å²) in [6.45, 7) is 2.93. The van der Waals surface area contributed by atoms with Crippen LogP contribution in [0.3, 0.4) is 0 Å². The number of aliphatic hydroxyl groups excluding tert-OH is 1. The van der Waals surface area contributed by atoms with Crippen LogP contribution in [0.4, 0.5) is 0 Å². The van der Waals surface area contributed by atoms with Crippen LogP contribution in [0.2, 0.25) is 0 Å². The van der Waals surface area contributed by atoms with E-state index in [1.165, 1.54) is 6.92 Å². The van der Waals surface area contributed by atoms with Crippen LogP contribution in [0.5, 0.6) is 0 Å². The van der Waals surface area contributed by atoms with Crippen molar-refractivity contribution in [3.05, 3.63) is 35.9 Å². The van der Waals surface area contributed by atoms with Gasteiger partial charge in [0.2, 0.25) is 5.91 Å². The molecule has 0 fully saturated rings. The van der Waals surface area contributed by atoms with Gasteiger partial charge in [0.15, 0.2) is 5.78 Å². The number of rotatable bonds is 9. The largest absolute Gasteiger partial charge is 0.382 e. The summed E-state index contributed by atoms with van der Waals surface area (Å²) in [5, 5.41) is 14.6. The van der Waals surface area contributed by atoms with Gasteiger partial charge in [0.1, 0.15) is 12.1 Å². The summed E-state index contributed by atoms with van der Waals surface area (Å²) < 4.78 is 0. The van der Waals surface area contributed by atoms with E-state index in [2.05, 4.69) is 10.6 Å². The van der Waals surface area contributed by atoms with E-state index in [4.69, 9.17) is 5.73 Å². The van der Waals surface area contributed by atoms with Gasteiger partial charge in [-0.25, -0.2) is 0 Å². The molecule has 0 saturated carbocycles. The average molecular weight is 335 g/mol. The van der Waals surface area contributed by atoms with Gasteiger partial charge in [-0.2, -0.15) is 0 Å². The van der Waals surface area contributed by atoms with E-state index in [1.54, 1.807) is 24.3 Å². The quantitative estimate of drug-likeness (QED) is 0.507. The van der Waals surface area contributed by atoms with Gasteiger partial charge in [-0.1, -0.05) is 43.7 Å². The molecule has 0 heterocycles. The smallest absolute Gasteiger partial charge is 0.250 e. The first-order valence-corrected chi connectivity index (χ1v) is 7.93. The molecule has 2 amide bonds. The molecule has 5 N–H and O–H groups in total. The lowest BCUT2D eigenvalue weighted by Crippen LogP contribution is -2.49. The Bertz CT molecular complexity index is 562. The van der Waals surface area contributed by atoms with Crippen molar-refractivity contribution in [1.29, 1.82) is 0 Å². The molecule has 1 aromatic carbocycles. The normalized spacial score (nSPS) is 14.3. The lowest BCUT2D eigenvalue weighted by Gasteiger charge is -2.19. The first kappa shape index (κ1) is 19.8. The number of carbonyl (C=O) groups is 3. The van der Waals surface area contributed by atoms with Crippen LogP contribution in [0.15, 0.2) is 30.3 Å². The third kappa shape index (κ3) is 6.10. The van der Waals surface area contributed by atoms with Gasteiger partial charge in [0, 0.05) is 6.04 Å². The van der Waals surface area contributed by atoms with Crippen molar-refractivity contribution in [3.63, 3.8) is 0 Å². The molecule has 132 valence electrons. The Balaban J connectivity index is 2.55. The summed E-state index contributed by atoms with van der Waals surface area (Å²) in [5.74, 6) is -1.44. The van der Waals surface area contributed by atoms with E-state index < -0.39 is 30.0 Å². The molecule has 24 heavy (non-hydrogen) atoms. The maximum Gasteiger partial charge on any atom is 0.250 e. The number of nitrogens with one attached hydrogen (secondary N) is 2. The van der Waals surface area contributed by atoms with Crippen molar-refractivity contribution in [2.75, 3.05) is 6.54 Å². The minimum absolute atomic E-state index is 0.217. The monoisotopic (exact) mass is 335 g/mol. The van der Waals surface area contributed by atoms with Crippen molar-refractivity contribution < 1.29 is 19.5 Å². The van der Waals surface area contributed by atoms with Crippen molar-refractivity contribution in [3.8, 4) is 0 Å². The van der Waals surface area contributed by atoms with Crippen molar-refractivity contribution in [2.45, 2.75) is 44.9 Å². The third-order valence-electron chi connectivity index (χ3n) is 3.56. The molecule has 0 saturated heterocycles. The third-order valence-corrected chi connectivity index (χ3v) is 3.56. The molecule has 0 radical (unpaired) electrons. The first-order valence-electron chi connectivity index (χ1n) is 7.93. The number of benzene rings is 1. The average Bonchev–Trinajstić information content (AvgIpc) is 2.57. The predicted octanol–water partition coefficient (Wildman–Crippen LogP) is 0.0374. The molecule has 0 bridgehead atoms. The van der Waals surface area contributed by atoms with Gasteiger partial charge in [0.25, 0.3) is 5.91 Å². The molecule has 2 unspecified atom stereocenters. The SMILES string of the molecule is CCCC(N)C(O)C(=O)NCC(=O)N[C@H](C(C)=O)c1ccccc1. The highest BCUT2D eigenvalue weighted by Gasteiger charge is 2.23. The van der Waals surface area contributed by atoms with Gasteiger partial charge >= 0.3 is 0 Å². The zero-order valence-electron chi connectivity index (χ0n) is 14.0. The Morgan fingerprint density at radius 1 is 1.21 bits per heavy atom. The number of amides is 2. The molecule has 1 aromatic rings. The molecule has 1 rings (SSSR count). The van der Waals surface area contributed by atoms with Crippen LogP contribution < -0.4 is 16.4 Å². The Labute approximate surface area is 141 Å². The van der Waals surface area contributed by atoms with Crippen LogP contribution in [-0.2, 0) is 14.4 Å². The molecule has 3 atom stereocenters. The van der Waals surface area contributed by atoms with Gasteiger partial charge in [0.05, 0.1) is 6.54 Å². The standard InChI is InChI=1S/C17H25N3O4/c1-3-7-13(18)16(23)17(24)19-10-14(22)20-15(11(2)21)12-8-5-4-6-9-12/h4-6,8-9,13,15-16,23H,3,7,10,18H2,1-2H3,(H,19,24)(H,20,22)/t13?,15-,16?/m1/s1. The number of aliphatic hydroxyl groups is 1. The highest BCUT2D eigenvalue weighted by Crippen LogP contribution is 2.13. The van der Waals surface area contributed by atoms with Crippen molar-refractivity contribution in [1.82, 2.24) is 10.6 Å². The van der Waals surface area contributed by atoms with Crippen LogP contribution in [-0.4, -0.2) is 41.4 Å². The number of hydrogen-bond donors (Lipinski definition) is 4. The molecular formula is C17H25N3O4. The molecule has 0 aliphatic heterocycles. The fourth-order valence-electron chi connectivity index (χ4n) is 2.23. The molecular weight excluding hydrogens is 310 g/mol. The van der Waals surface area contributed by atoms with E-state index in [0.717, 1.165) is 6.42 Å². The van der Waals surface area contributed by atoms with E-state index in [-0.39, 0.29) is 12.3 Å². The topological polar surface area (TPSA) is 122 Å². The van der Waals surface area contributed by atoms with Crippen LogP contribution in [0.1, 0.15) is 38.3 Å². The predicted molar refractivity (Wildman–Crippen MR) is 89.9 cm³/mol. The van der Waals surface area contributed by atoms with Crippen molar-refractivity contribution >= 4 is 17.6 Å². The zero-order valence-corrected chi connectivity index (χ0v) is 14.0. The van der Waals surface area contributed by atoms with E-state index >= 15 is 0 Å². The fourth-order valence-corrected chi connectivity index (χ4v) is 2.23. The van der Waals surface area contributed by atoms with Crippen molar-refractivity contribution in [2.24, 2.45) is 5.73 Å². The summed E-state index contributed by atoms with van der Waals surface area (Å²) in [7, 11) is 0. The highest BCUT2D eigenvalue weighted by atomic mass is 16.3. The maximum absolute atomic E-state index is 12.0. The highest BCUT2D eigenvalue weighted by molar-refractivity contribution is 5.91. The fraction of sp³-hybridized carbons (Fsp3) is 0.471. The van der Waals surface area contributed by atoms with E-state index in [9.17, 15) is 19.5 Å². The first-order chi connectivity index (χ1) is 11.4. The molecule has 7 heteroatoms. The lowest BCUT2D eigenvalue weighted by atomic mass is 10.0. The second-order valence-electron chi connectivity index (χ2n) is 5.64. The Morgan fingerprint density at radius 3 is 2.38 bits per heavy atom. The number of hydrogen-bond acceptors (Lipinski definition) is 5. The van der Waals surface area contributed by atoms with Gasteiger partial charge in [-0.15, -0.1) is 0 Å². The molecule has 0 spiro atoms. The van der Waals surface area contributed by atoms with Gasteiger partial charge in [-0.05, 0) is 18.9 Å². The number of carbonyl (C=O) groups excluding carboxylic acids is 3. The zero-order chi connectivity index (χ0) is 18.1. The lowest BCUT2D eigenvalue weighted by molar-refractivity contribution is -0.133. The molecule has 0 aromatic heterocycles. The summed E-state index contributed by atoms with van der Waals surface area (Å²) in [6, 6.07) is 7.37. The summed E-state index contributed by atoms with van der Waals surface area (Å²) in [4.78, 5) is 35.5. The summed E-state index contributed by atoms with van der Waals surface area (Å²) in [5.41, 5.74) is 6.34. The Hall–Kier alpha value is -2.25. The maximum atomic E-state index is 12.0. The number of Topliss-reactive ketones (excluding diaryl/α,β-unsaturated/α-hetero) is 1. The number of nitrogens with two attached hydrogens (primary N) is 1. The molecule has 0 aliphatic rings. The minimum Gasteiger partial charge on any atom is -0.382 e. The summed E-state index contributed by atoms with van der Waals surface area (Å²) in [6.07, 6.45) is -0.125. The summed E-state index contributed by atoms with van der Waals surface area (Å²) >= 11 is 0. The second kappa shape index (κ2) is 9.79. The van der Waals surface area contributed by atoms with Gasteiger partial charge in [-0.3, -0.25) is 14.4 Å². The molecule has 0 aliphatic carbocycles. The second-order valence-corrected chi connectivity index (χ2v) is 5.64. The van der Waals surface area contributed by atoms with E-state index in [1.807, 2.05) is 13.0 Å². The van der Waals surface area contributed by atoms with Crippen LogP contribution in [0, 0.1) is 0 Å². The van der Waals surface area contributed by atoms with Gasteiger partial charge < -0.3 is 21.5 Å². The minimum atomic E-state index is -1.37. The molecule has 7 nitrogen and oxygen atoms in total. The Kier molecular flexibility index (Phi) is 8.08.